The Labute approximate surface area is 119 Å². The number of likely N-dealkylation sites (N-methyl/N-ethyl adjacent to an activating group) is 1. The minimum Gasteiger partial charge on any atom is -0.329 e. The number of nitrogens with two attached hydrogens (primary N) is 1. The molecule has 1 aliphatic heterocycles. The molecule has 1 saturated carbocycles. The molecule has 0 bridgehead atoms. The summed E-state index contributed by atoms with van der Waals surface area (Å²) in [5.41, 5.74) is 6.90. The molecule has 0 amide bonds. The topological polar surface area (TPSA) is 32.5 Å². The highest BCUT2D eigenvalue weighted by Crippen LogP contribution is 2.47. The first kappa shape index (κ1) is 15.3. The van der Waals surface area contributed by atoms with Gasteiger partial charge in [0.15, 0.2) is 0 Å². The van der Waals surface area contributed by atoms with Crippen molar-refractivity contribution in [2.24, 2.45) is 11.1 Å². The van der Waals surface area contributed by atoms with E-state index in [1.54, 1.807) is 0 Å². The lowest BCUT2D eigenvalue weighted by Crippen LogP contribution is -2.68. The monoisotopic (exact) mass is 267 g/mol. The summed E-state index contributed by atoms with van der Waals surface area (Å²) in [6.07, 6.45) is 6.58. The lowest BCUT2D eigenvalue weighted by Gasteiger charge is -2.58. The second-order valence-electron chi connectivity index (χ2n) is 7.32. The SMILES string of the molecule is CCC1CN(C2(CN)CCCCC2(C)C)CCN1C. The minimum atomic E-state index is 0.236. The maximum Gasteiger partial charge on any atom is 0.0383 e. The molecule has 2 unspecified atom stereocenters. The van der Waals surface area contributed by atoms with Gasteiger partial charge < -0.3 is 10.6 Å². The Morgan fingerprint density at radius 2 is 1.84 bits per heavy atom. The molecule has 1 saturated heterocycles. The average molecular weight is 267 g/mol. The van der Waals surface area contributed by atoms with Gasteiger partial charge in [0.1, 0.15) is 0 Å². The predicted octanol–water partition coefficient (Wildman–Crippen LogP) is 2.31. The lowest BCUT2D eigenvalue weighted by molar-refractivity contribution is -0.0758. The first-order valence-electron chi connectivity index (χ1n) is 8.12. The van der Waals surface area contributed by atoms with Gasteiger partial charge in [-0.3, -0.25) is 4.90 Å². The molecule has 0 spiro atoms. The molecule has 2 N–H and O–H groups in total. The van der Waals surface area contributed by atoms with E-state index in [2.05, 4.69) is 37.6 Å². The first-order valence-corrected chi connectivity index (χ1v) is 8.12. The molecule has 1 heterocycles. The molecule has 0 aromatic heterocycles. The van der Waals surface area contributed by atoms with Crippen LogP contribution in [0.15, 0.2) is 0 Å². The van der Waals surface area contributed by atoms with Crippen molar-refractivity contribution < 1.29 is 0 Å². The average Bonchev–Trinajstić information content (AvgIpc) is 2.39. The molecule has 0 radical (unpaired) electrons. The van der Waals surface area contributed by atoms with Crippen molar-refractivity contribution in [3.63, 3.8) is 0 Å². The van der Waals surface area contributed by atoms with Crippen LogP contribution in [-0.2, 0) is 0 Å². The standard InChI is InChI=1S/C16H33N3/c1-5-14-12-19(11-10-18(14)4)16(13-17)9-7-6-8-15(16,2)3/h14H,5-13,17H2,1-4H3. The highest BCUT2D eigenvalue weighted by atomic mass is 15.3. The lowest BCUT2D eigenvalue weighted by atomic mass is 9.62. The largest absolute Gasteiger partial charge is 0.329 e. The molecule has 19 heavy (non-hydrogen) atoms. The van der Waals surface area contributed by atoms with E-state index >= 15 is 0 Å². The zero-order valence-electron chi connectivity index (χ0n) is 13.4. The Kier molecular flexibility index (Phi) is 4.59. The normalized spacial score (nSPS) is 37.4. The van der Waals surface area contributed by atoms with Crippen LogP contribution in [0.4, 0.5) is 0 Å². The molecule has 2 aliphatic rings. The van der Waals surface area contributed by atoms with Crippen LogP contribution in [0.2, 0.25) is 0 Å². The van der Waals surface area contributed by atoms with Gasteiger partial charge in [-0.15, -0.1) is 0 Å². The molecular weight excluding hydrogens is 234 g/mol. The van der Waals surface area contributed by atoms with E-state index in [9.17, 15) is 0 Å². The van der Waals surface area contributed by atoms with Gasteiger partial charge in [-0.1, -0.05) is 33.6 Å². The van der Waals surface area contributed by atoms with Crippen LogP contribution in [0.5, 0.6) is 0 Å². The van der Waals surface area contributed by atoms with Gasteiger partial charge in [0.2, 0.25) is 0 Å². The van der Waals surface area contributed by atoms with Gasteiger partial charge in [-0.05, 0) is 31.7 Å². The minimum absolute atomic E-state index is 0.236. The highest BCUT2D eigenvalue weighted by Gasteiger charge is 2.50. The summed E-state index contributed by atoms with van der Waals surface area (Å²) in [7, 11) is 2.27. The summed E-state index contributed by atoms with van der Waals surface area (Å²) >= 11 is 0. The number of hydrogen-bond acceptors (Lipinski definition) is 3. The molecule has 2 atom stereocenters. The number of rotatable bonds is 3. The Bertz CT molecular complexity index is 302. The number of nitrogens with zero attached hydrogens (tertiary/aromatic N) is 2. The zero-order chi connectivity index (χ0) is 14.1. The fourth-order valence-electron chi connectivity index (χ4n) is 4.42. The van der Waals surface area contributed by atoms with Gasteiger partial charge in [0.25, 0.3) is 0 Å². The third kappa shape index (κ3) is 2.57. The third-order valence-corrected chi connectivity index (χ3v) is 6.09. The molecule has 2 fully saturated rings. The molecule has 2 rings (SSSR count). The van der Waals surface area contributed by atoms with E-state index < -0.39 is 0 Å². The number of hydrogen-bond donors (Lipinski definition) is 1. The van der Waals surface area contributed by atoms with E-state index in [1.807, 2.05) is 0 Å². The van der Waals surface area contributed by atoms with Gasteiger partial charge in [0, 0.05) is 37.8 Å². The van der Waals surface area contributed by atoms with Crippen molar-refractivity contribution >= 4 is 0 Å². The third-order valence-electron chi connectivity index (χ3n) is 6.09. The first-order chi connectivity index (χ1) is 8.97. The zero-order valence-corrected chi connectivity index (χ0v) is 13.4. The quantitative estimate of drug-likeness (QED) is 0.852. The molecular formula is C16H33N3. The molecule has 112 valence electrons. The van der Waals surface area contributed by atoms with Crippen molar-refractivity contribution in [2.75, 3.05) is 33.2 Å². The fraction of sp³-hybridized carbons (Fsp3) is 1.00. The Hall–Kier alpha value is -0.120. The van der Waals surface area contributed by atoms with Crippen LogP contribution in [0.1, 0.15) is 52.9 Å². The van der Waals surface area contributed by atoms with Crippen molar-refractivity contribution in [1.82, 2.24) is 9.80 Å². The molecule has 0 aromatic rings. The Morgan fingerprint density at radius 1 is 1.16 bits per heavy atom. The van der Waals surface area contributed by atoms with E-state index in [1.165, 1.54) is 51.7 Å². The predicted molar refractivity (Wildman–Crippen MR) is 82.3 cm³/mol. The molecule has 3 nitrogen and oxygen atoms in total. The Balaban J connectivity index is 2.21. The van der Waals surface area contributed by atoms with Crippen LogP contribution in [-0.4, -0.2) is 54.6 Å². The van der Waals surface area contributed by atoms with Crippen molar-refractivity contribution in [3.05, 3.63) is 0 Å². The van der Waals surface area contributed by atoms with Gasteiger partial charge in [0.05, 0.1) is 0 Å². The van der Waals surface area contributed by atoms with Crippen LogP contribution < -0.4 is 5.73 Å². The van der Waals surface area contributed by atoms with Crippen LogP contribution in [0, 0.1) is 5.41 Å². The van der Waals surface area contributed by atoms with Crippen LogP contribution in [0.25, 0.3) is 0 Å². The highest BCUT2D eigenvalue weighted by molar-refractivity contribution is 5.06. The summed E-state index contributed by atoms with van der Waals surface area (Å²) in [4.78, 5) is 5.27. The van der Waals surface area contributed by atoms with E-state index in [0.717, 1.165) is 6.54 Å². The van der Waals surface area contributed by atoms with Crippen molar-refractivity contribution in [3.8, 4) is 0 Å². The summed E-state index contributed by atoms with van der Waals surface area (Å²) in [6, 6.07) is 0.704. The van der Waals surface area contributed by atoms with Crippen LogP contribution in [0.3, 0.4) is 0 Å². The number of piperazine rings is 1. The summed E-state index contributed by atoms with van der Waals surface area (Å²) < 4.78 is 0. The van der Waals surface area contributed by atoms with Gasteiger partial charge in [-0.2, -0.15) is 0 Å². The molecule has 3 heteroatoms. The Morgan fingerprint density at radius 3 is 2.42 bits per heavy atom. The van der Waals surface area contributed by atoms with Crippen molar-refractivity contribution in [2.45, 2.75) is 64.5 Å². The van der Waals surface area contributed by atoms with Gasteiger partial charge in [-0.25, -0.2) is 0 Å². The van der Waals surface area contributed by atoms with E-state index in [-0.39, 0.29) is 5.54 Å². The molecule has 0 aromatic carbocycles. The van der Waals surface area contributed by atoms with Crippen molar-refractivity contribution in [1.29, 1.82) is 0 Å². The fourth-order valence-corrected chi connectivity index (χ4v) is 4.42. The van der Waals surface area contributed by atoms with Gasteiger partial charge >= 0.3 is 0 Å². The summed E-state index contributed by atoms with van der Waals surface area (Å²) in [5, 5.41) is 0. The summed E-state index contributed by atoms with van der Waals surface area (Å²) in [6.45, 7) is 11.6. The maximum atomic E-state index is 6.31. The second-order valence-corrected chi connectivity index (χ2v) is 7.32. The van der Waals surface area contributed by atoms with E-state index in [0.29, 0.717) is 11.5 Å². The molecule has 1 aliphatic carbocycles. The van der Waals surface area contributed by atoms with E-state index in [4.69, 9.17) is 5.73 Å². The summed E-state index contributed by atoms with van der Waals surface area (Å²) in [5.74, 6) is 0. The maximum absolute atomic E-state index is 6.31. The van der Waals surface area contributed by atoms with Crippen LogP contribution >= 0.6 is 0 Å². The second kappa shape index (κ2) is 5.71. The smallest absolute Gasteiger partial charge is 0.0383 e.